The number of carbonyl (C=O) groups excluding carboxylic acids is 1. The van der Waals surface area contributed by atoms with E-state index in [1.165, 1.54) is 12.8 Å². The molecule has 1 atom stereocenters. The predicted molar refractivity (Wildman–Crippen MR) is 82.3 cm³/mol. The van der Waals surface area contributed by atoms with Gasteiger partial charge in [-0.2, -0.15) is 0 Å². The molecule has 0 spiro atoms. The number of amides is 1. The summed E-state index contributed by atoms with van der Waals surface area (Å²) in [5.74, 6) is 1.00. The maximum Gasteiger partial charge on any atom is 0.410 e. The highest BCUT2D eigenvalue weighted by molar-refractivity contribution is 5.69. The average Bonchev–Trinajstić information content (AvgIpc) is 2.42. The molecule has 4 rings (SSSR count). The maximum absolute atomic E-state index is 12.1. The first-order chi connectivity index (χ1) is 10.2. The first kappa shape index (κ1) is 16.1. The molecular formula is C17H29NO4. The van der Waals surface area contributed by atoms with Gasteiger partial charge in [0, 0.05) is 5.41 Å². The molecule has 0 radical (unpaired) electrons. The van der Waals surface area contributed by atoms with Crippen LogP contribution in [0.2, 0.25) is 0 Å². The number of hydrogen-bond donors (Lipinski definition) is 2. The zero-order valence-electron chi connectivity index (χ0n) is 14.0. The Morgan fingerprint density at radius 2 is 1.82 bits per heavy atom. The van der Waals surface area contributed by atoms with Crippen molar-refractivity contribution >= 4 is 6.09 Å². The first-order valence-electron chi connectivity index (χ1n) is 8.50. The minimum atomic E-state index is -0.956. The lowest BCUT2D eigenvalue weighted by Crippen LogP contribution is -2.75. The molecule has 0 aromatic rings. The van der Waals surface area contributed by atoms with Gasteiger partial charge in [0.1, 0.15) is 11.2 Å². The topological polar surface area (TPSA) is 70.0 Å². The van der Waals surface area contributed by atoms with Crippen LogP contribution in [0.4, 0.5) is 4.79 Å². The minimum Gasteiger partial charge on any atom is -0.444 e. The first-order valence-corrected chi connectivity index (χ1v) is 8.50. The fourth-order valence-electron chi connectivity index (χ4n) is 4.87. The van der Waals surface area contributed by atoms with E-state index in [2.05, 4.69) is 0 Å². The Hall–Kier alpha value is -0.810. The Morgan fingerprint density at radius 1 is 1.23 bits per heavy atom. The normalized spacial score (nSPS) is 36.9. The number of fused-ring (bicyclic) bond motifs is 3. The van der Waals surface area contributed by atoms with Crippen LogP contribution in [0.25, 0.3) is 0 Å². The van der Waals surface area contributed by atoms with E-state index in [4.69, 9.17) is 4.74 Å². The van der Waals surface area contributed by atoms with Crippen molar-refractivity contribution in [1.82, 2.24) is 4.90 Å². The van der Waals surface area contributed by atoms with E-state index in [-0.39, 0.29) is 25.8 Å². The molecule has 1 heterocycles. The van der Waals surface area contributed by atoms with Crippen molar-refractivity contribution in [3.63, 3.8) is 0 Å². The molecule has 126 valence electrons. The molecule has 1 saturated heterocycles. The van der Waals surface area contributed by atoms with Gasteiger partial charge < -0.3 is 19.8 Å². The summed E-state index contributed by atoms with van der Waals surface area (Å²) < 4.78 is 5.36. The number of aliphatic hydroxyl groups is 2. The van der Waals surface area contributed by atoms with Gasteiger partial charge in [0.05, 0.1) is 19.7 Å². The second-order valence-electron chi connectivity index (χ2n) is 8.60. The molecule has 5 heteroatoms. The zero-order valence-corrected chi connectivity index (χ0v) is 14.0. The lowest BCUT2D eigenvalue weighted by atomic mass is 9.49. The quantitative estimate of drug-likeness (QED) is 0.820. The van der Waals surface area contributed by atoms with Gasteiger partial charge in [-0.05, 0) is 51.9 Å². The average molecular weight is 311 g/mol. The summed E-state index contributed by atoms with van der Waals surface area (Å²) in [5.41, 5.74) is -1.90. The molecule has 2 bridgehead atoms. The van der Waals surface area contributed by atoms with Gasteiger partial charge in [-0.3, -0.25) is 0 Å². The van der Waals surface area contributed by atoms with E-state index in [1.54, 1.807) is 4.90 Å². The van der Waals surface area contributed by atoms with Crippen LogP contribution in [-0.2, 0) is 4.74 Å². The van der Waals surface area contributed by atoms with E-state index in [1.807, 2.05) is 20.8 Å². The Kier molecular flexibility index (Phi) is 3.72. The standard InChI is InChI=1S/C17H29NO4/c1-15(2,3)22-14(20)18-9-17(21,10-18)16(11-19)8-12-4-6-13(16)7-5-12/h12-13,19,21H,4-11H2,1-3H3. The molecule has 1 unspecified atom stereocenters. The fraction of sp³-hybridized carbons (Fsp3) is 0.941. The summed E-state index contributed by atoms with van der Waals surface area (Å²) in [5, 5.41) is 21.2. The molecular weight excluding hydrogens is 282 g/mol. The molecule has 2 N–H and O–H groups in total. The lowest BCUT2D eigenvalue weighted by Gasteiger charge is -2.63. The summed E-state index contributed by atoms with van der Waals surface area (Å²) in [6, 6.07) is 0. The monoisotopic (exact) mass is 311 g/mol. The molecule has 4 fully saturated rings. The van der Waals surface area contributed by atoms with Crippen molar-refractivity contribution in [2.24, 2.45) is 17.3 Å². The number of likely N-dealkylation sites (tertiary alicyclic amines) is 1. The number of rotatable bonds is 2. The van der Waals surface area contributed by atoms with E-state index < -0.39 is 16.6 Å². The van der Waals surface area contributed by atoms with Crippen LogP contribution >= 0.6 is 0 Å². The maximum atomic E-state index is 12.1. The summed E-state index contributed by atoms with van der Waals surface area (Å²) in [6.07, 6.45) is 5.16. The van der Waals surface area contributed by atoms with Gasteiger partial charge in [-0.1, -0.05) is 12.8 Å². The van der Waals surface area contributed by atoms with Gasteiger partial charge >= 0.3 is 6.09 Å². The van der Waals surface area contributed by atoms with Crippen molar-refractivity contribution in [3.8, 4) is 0 Å². The summed E-state index contributed by atoms with van der Waals surface area (Å²) in [4.78, 5) is 13.7. The Balaban J connectivity index is 1.69. The number of β-amino-alcohol motifs (C(OH)–C–C–N with tert-alkyl or cyclic N) is 1. The summed E-state index contributed by atoms with van der Waals surface area (Å²) >= 11 is 0. The van der Waals surface area contributed by atoms with Crippen LogP contribution in [0, 0.1) is 17.3 Å². The molecule has 1 aliphatic heterocycles. The largest absolute Gasteiger partial charge is 0.444 e. The van der Waals surface area contributed by atoms with E-state index >= 15 is 0 Å². The van der Waals surface area contributed by atoms with Crippen LogP contribution in [-0.4, -0.2) is 52.1 Å². The number of nitrogens with zero attached hydrogens (tertiary/aromatic N) is 1. The third kappa shape index (κ3) is 2.42. The Labute approximate surface area is 132 Å². The highest BCUT2D eigenvalue weighted by Gasteiger charge is 2.64. The molecule has 3 saturated carbocycles. The van der Waals surface area contributed by atoms with Crippen molar-refractivity contribution in [2.75, 3.05) is 19.7 Å². The number of carbonyl (C=O) groups is 1. The summed E-state index contributed by atoms with van der Waals surface area (Å²) in [7, 11) is 0. The number of aliphatic hydroxyl groups excluding tert-OH is 1. The van der Waals surface area contributed by atoms with Crippen LogP contribution < -0.4 is 0 Å². The van der Waals surface area contributed by atoms with Crippen molar-refractivity contribution in [3.05, 3.63) is 0 Å². The van der Waals surface area contributed by atoms with Gasteiger partial charge in [0.2, 0.25) is 0 Å². The van der Waals surface area contributed by atoms with Gasteiger partial charge in [-0.15, -0.1) is 0 Å². The van der Waals surface area contributed by atoms with Crippen molar-refractivity contribution in [2.45, 2.75) is 64.1 Å². The molecule has 3 aliphatic carbocycles. The lowest BCUT2D eigenvalue weighted by molar-refractivity contribution is -0.234. The fourth-order valence-corrected chi connectivity index (χ4v) is 4.87. The van der Waals surface area contributed by atoms with E-state index in [9.17, 15) is 15.0 Å². The van der Waals surface area contributed by atoms with Crippen LogP contribution in [0.5, 0.6) is 0 Å². The zero-order chi connectivity index (χ0) is 16.2. The second kappa shape index (κ2) is 5.10. The highest BCUT2D eigenvalue weighted by Crippen LogP contribution is 2.59. The summed E-state index contributed by atoms with van der Waals surface area (Å²) in [6.45, 7) is 6.11. The van der Waals surface area contributed by atoms with E-state index in [0.29, 0.717) is 11.8 Å². The predicted octanol–water partition coefficient (Wildman–Crippen LogP) is 2.16. The Morgan fingerprint density at radius 3 is 2.23 bits per heavy atom. The third-order valence-electron chi connectivity index (χ3n) is 6.05. The van der Waals surface area contributed by atoms with Gasteiger partial charge in [-0.25, -0.2) is 4.79 Å². The molecule has 5 nitrogen and oxygen atoms in total. The molecule has 22 heavy (non-hydrogen) atoms. The van der Waals surface area contributed by atoms with Crippen molar-refractivity contribution in [1.29, 1.82) is 0 Å². The molecule has 4 aliphatic rings. The van der Waals surface area contributed by atoms with Gasteiger partial charge in [0.15, 0.2) is 0 Å². The second-order valence-corrected chi connectivity index (χ2v) is 8.60. The molecule has 0 aromatic carbocycles. The van der Waals surface area contributed by atoms with Crippen LogP contribution in [0.15, 0.2) is 0 Å². The molecule has 1 amide bonds. The van der Waals surface area contributed by atoms with E-state index in [0.717, 1.165) is 19.3 Å². The highest BCUT2D eigenvalue weighted by atomic mass is 16.6. The third-order valence-corrected chi connectivity index (χ3v) is 6.05. The molecule has 0 aromatic heterocycles. The number of ether oxygens (including phenoxy) is 1. The van der Waals surface area contributed by atoms with Crippen LogP contribution in [0.1, 0.15) is 52.9 Å². The SMILES string of the molecule is CC(C)(C)OC(=O)N1CC(O)(C2(CO)CC3CCC2CC3)C1. The number of hydrogen-bond acceptors (Lipinski definition) is 4. The van der Waals surface area contributed by atoms with Gasteiger partial charge in [0.25, 0.3) is 0 Å². The smallest absolute Gasteiger partial charge is 0.410 e. The minimum absolute atomic E-state index is 0.0207. The Bertz CT molecular complexity index is 444. The van der Waals surface area contributed by atoms with Crippen LogP contribution in [0.3, 0.4) is 0 Å². The van der Waals surface area contributed by atoms with Crippen molar-refractivity contribution < 1.29 is 19.7 Å².